The zero-order valence-corrected chi connectivity index (χ0v) is 20.9. The van der Waals surface area contributed by atoms with Gasteiger partial charge in [0.05, 0.1) is 17.6 Å². The first-order valence-corrected chi connectivity index (χ1v) is 12.1. The molecular formula is C26H31ClN6O3. The van der Waals surface area contributed by atoms with Gasteiger partial charge in [0.15, 0.2) is 5.65 Å². The first kappa shape index (κ1) is 25.5. The summed E-state index contributed by atoms with van der Waals surface area (Å²) in [6, 6.07) is 18.0. The number of aromatic amines is 2. The van der Waals surface area contributed by atoms with Gasteiger partial charge in [-0.2, -0.15) is 0 Å². The minimum atomic E-state index is -0.272. The number of hydrogen-bond acceptors (Lipinski definition) is 5. The molecule has 9 nitrogen and oxygen atoms in total. The highest BCUT2D eigenvalue weighted by molar-refractivity contribution is 5.90. The zero-order valence-electron chi connectivity index (χ0n) is 20.0. The van der Waals surface area contributed by atoms with Crippen LogP contribution in [0, 0.1) is 0 Å². The number of piperazine rings is 1. The summed E-state index contributed by atoms with van der Waals surface area (Å²) in [5, 5.41) is 3.89. The third kappa shape index (κ3) is 6.35. The van der Waals surface area contributed by atoms with E-state index in [0.29, 0.717) is 30.7 Å². The normalized spacial score (nSPS) is 14.1. The SMILES string of the molecule is Cl.O=C(NCCCOc1ccc2nc3[nH]c(=O)[nH]c3cc2c1)N1CCN(CCc2ccccc2)CC1. The molecule has 0 aliphatic carbocycles. The number of urea groups is 1. The highest BCUT2D eigenvalue weighted by atomic mass is 35.5. The number of aromatic nitrogens is 3. The van der Waals surface area contributed by atoms with Crippen LogP contribution in [0.4, 0.5) is 4.79 Å². The van der Waals surface area contributed by atoms with Crippen LogP contribution in [0.5, 0.6) is 5.75 Å². The summed E-state index contributed by atoms with van der Waals surface area (Å²) < 4.78 is 5.86. The Labute approximate surface area is 215 Å². The molecule has 1 fully saturated rings. The fourth-order valence-corrected chi connectivity index (χ4v) is 4.37. The Morgan fingerprint density at radius 3 is 2.64 bits per heavy atom. The lowest BCUT2D eigenvalue weighted by Gasteiger charge is -2.34. The Bertz CT molecular complexity index is 1350. The number of ether oxygens (including phenoxy) is 1. The van der Waals surface area contributed by atoms with Gasteiger partial charge in [-0.05, 0) is 42.7 Å². The van der Waals surface area contributed by atoms with E-state index in [4.69, 9.17) is 4.74 Å². The summed E-state index contributed by atoms with van der Waals surface area (Å²) in [6.07, 6.45) is 1.75. The predicted molar refractivity (Wildman–Crippen MR) is 143 cm³/mol. The Morgan fingerprint density at radius 1 is 1.03 bits per heavy atom. The molecule has 2 aromatic heterocycles. The third-order valence-corrected chi connectivity index (χ3v) is 6.35. The van der Waals surface area contributed by atoms with Gasteiger partial charge >= 0.3 is 11.7 Å². The van der Waals surface area contributed by atoms with Crippen molar-refractivity contribution in [2.24, 2.45) is 0 Å². The smallest absolute Gasteiger partial charge is 0.325 e. The summed E-state index contributed by atoms with van der Waals surface area (Å²) in [4.78, 5) is 38.1. The highest BCUT2D eigenvalue weighted by Gasteiger charge is 2.20. The van der Waals surface area contributed by atoms with Crippen molar-refractivity contribution in [1.29, 1.82) is 0 Å². The van der Waals surface area contributed by atoms with Crippen molar-refractivity contribution < 1.29 is 9.53 Å². The Hall–Kier alpha value is -3.56. The molecule has 2 aromatic carbocycles. The number of nitrogens with one attached hydrogen (secondary N) is 3. The molecule has 3 N–H and O–H groups in total. The molecule has 2 amide bonds. The fourth-order valence-electron chi connectivity index (χ4n) is 4.37. The Kier molecular flexibility index (Phi) is 8.45. The van der Waals surface area contributed by atoms with Crippen LogP contribution in [0.2, 0.25) is 0 Å². The lowest BCUT2D eigenvalue weighted by Crippen LogP contribution is -2.52. The second-order valence-corrected chi connectivity index (χ2v) is 8.82. The maximum atomic E-state index is 12.5. The van der Waals surface area contributed by atoms with Crippen molar-refractivity contribution in [2.75, 3.05) is 45.9 Å². The van der Waals surface area contributed by atoms with Crippen LogP contribution in [-0.4, -0.2) is 76.7 Å². The minimum absolute atomic E-state index is 0. The summed E-state index contributed by atoms with van der Waals surface area (Å²) in [6.45, 7) is 5.40. The van der Waals surface area contributed by atoms with Crippen molar-refractivity contribution in [3.63, 3.8) is 0 Å². The van der Waals surface area contributed by atoms with Crippen LogP contribution < -0.4 is 15.7 Å². The second-order valence-electron chi connectivity index (χ2n) is 8.82. The molecule has 1 aliphatic heterocycles. The quantitative estimate of drug-likeness (QED) is 0.316. The average Bonchev–Trinajstić information content (AvgIpc) is 3.25. The molecule has 10 heteroatoms. The van der Waals surface area contributed by atoms with Crippen molar-refractivity contribution in [2.45, 2.75) is 12.8 Å². The molecule has 0 radical (unpaired) electrons. The van der Waals surface area contributed by atoms with Gasteiger partial charge in [-0.1, -0.05) is 30.3 Å². The Morgan fingerprint density at radius 2 is 1.83 bits per heavy atom. The zero-order chi connectivity index (χ0) is 24.0. The van der Waals surface area contributed by atoms with E-state index in [9.17, 15) is 9.59 Å². The van der Waals surface area contributed by atoms with Crippen LogP contribution in [0.15, 0.2) is 59.4 Å². The van der Waals surface area contributed by atoms with Gasteiger partial charge < -0.3 is 19.9 Å². The predicted octanol–water partition coefficient (Wildman–Crippen LogP) is 3.17. The Balaban J connectivity index is 0.00000304. The topological polar surface area (TPSA) is 106 Å². The standard InChI is InChI=1S/C26H30N6O3.ClH/c33-25-29-23-18-20-17-21(7-8-22(20)28-24(23)30-25)35-16-4-10-27-26(34)32-14-12-31(13-15-32)11-9-19-5-2-1-3-6-19;/h1-3,5-8,17-18H,4,9-16H2,(H,27,34)(H2,28,29,30,33);1H. The fraction of sp³-hybridized carbons (Fsp3) is 0.346. The molecule has 0 saturated carbocycles. The number of carbonyl (C=O) groups excluding carboxylic acids is 1. The monoisotopic (exact) mass is 510 g/mol. The van der Waals surface area contributed by atoms with Gasteiger partial charge in [-0.15, -0.1) is 12.4 Å². The van der Waals surface area contributed by atoms with E-state index < -0.39 is 0 Å². The number of amides is 2. The second kappa shape index (κ2) is 11.9. The average molecular weight is 511 g/mol. The largest absolute Gasteiger partial charge is 0.494 e. The minimum Gasteiger partial charge on any atom is -0.494 e. The molecule has 4 aromatic rings. The number of fused-ring (bicyclic) bond motifs is 2. The van der Waals surface area contributed by atoms with Gasteiger partial charge in [0.1, 0.15) is 5.75 Å². The van der Waals surface area contributed by atoms with E-state index in [1.54, 1.807) is 0 Å². The van der Waals surface area contributed by atoms with E-state index in [2.05, 4.69) is 49.4 Å². The van der Waals surface area contributed by atoms with Crippen LogP contribution in [0.1, 0.15) is 12.0 Å². The van der Waals surface area contributed by atoms with Gasteiger partial charge in [-0.3, -0.25) is 9.88 Å². The number of H-pyrrole nitrogens is 2. The number of hydrogen-bond donors (Lipinski definition) is 3. The number of carbonyl (C=O) groups is 1. The number of halogens is 1. The van der Waals surface area contributed by atoms with Crippen LogP contribution in [-0.2, 0) is 6.42 Å². The van der Waals surface area contributed by atoms with Crippen LogP contribution in [0.25, 0.3) is 22.1 Å². The van der Waals surface area contributed by atoms with Gasteiger partial charge in [-0.25, -0.2) is 14.6 Å². The number of benzene rings is 2. The molecule has 1 saturated heterocycles. The number of rotatable bonds is 8. The molecule has 0 spiro atoms. The van der Waals surface area contributed by atoms with Gasteiger partial charge in [0.2, 0.25) is 0 Å². The van der Waals surface area contributed by atoms with Crippen molar-refractivity contribution in [1.82, 2.24) is 30.1 Å². The van der Waals surface area contributed by atoms with Crippen molar-refractivity contribution >= 4 is 40.5 Å². The van der Waals surface area contributed by atoms with Crippen LogP contribution >= 0.6 is 12.4 Å². The van der Waals surface area contributed by atoms with Gasteiger partial charge in [0, 0.05) is 44.7 Å². The number of pyridine rings is 1. The van der Waals surface area contributed by atoms with E-state index in [0.717, 1.165) is 55.8 Å². The summed E-state index contributed by atoms with van der Waals surface area (Å²) in [7, 11) is 0. The van der Waals surface area contributed by atoms with E-state index in [1.165, 1.54) is 5.56 Å². The first-order valence-electron chi connectivity index (χ1n) is 12.1. The molecule has 36 heavy (non-hydrogen) atoms. The highest BCUT2D eigenvalue weighted by Crippen LogP contribution is 2.22. The van der Waals surface area contributed by atoms with E-state index >= 15 is 0 Å². The lowest BCUT2D eigenvalue weighted by atomic mass is 10.1. The molecule has 1 aliphatic rings. The third-order valence-electron chi connectivity index (χ3n) is 6.35. The number of imidazole rings is 1. The molecule has 0 bridgehead atoms. The molecule has 190 valence electrons. The molecule has 3 heterocycles. The van der Waals surface area contributed by atoms with Crippen molar-refractivity contribution in [3.05, 3.63) is 70.6 Å². The summed E-state index contributed by atoms with van der Waals surface area (Å²) in [5.41, 5.74) is 3.07. The molecule has 0 unspecified atom stereocenters. The van der Waals surface area contributed by atoms with Gasteiger partial charge in [0.25, 0.3) is 0 Å². The number of nitrogens with zero attached hydrogens (tertiary/aromatic N) is 3. The summed E-state index contributed by atoms with van der Waals surface area (Å²) in [5.74, 6) is 0.731. The molecule has 5 rings (SSSR count). The van der Waals surface area contributed by atoms with E-state index in [-0.39, 0.29) is 24.1 Å². The first-order chi connectivity index (χ1) is 17.1. The lowest BCUT2D eigenvalue weighted by molar-refractivity contribution is 0.140. The van der Waals surface area contributed by atoms with Crippen LogP contribution in [0.3, 0.4) is 0 Å². The van der Waals surface area contributed by atoms with Crippen molar-refractivity contribution in [3.8, 4) is 5.75 Å². The summed E-state index contributed by atoms with van der Waals surface area (Å²) >= 11 is 0. The maximum absolute atomic E-state index is 12.5. The maximum Gasteiger partial charge on any atom is 0.325 e. The van der Waals surface area contributed by atoms with E-state index in [1.807, 2.05) is 35.2 Å². The molecule has 0 atom stereocenters. The molecular weight excluding hydrogens is 480 g/mol.